The second kappa shape index (κ2) is 6.57. The van der Waals surface area contributed by atoms with Gasteiger partial charge in [-0.3, -0.25) is 9.69 Å². The lowest BCUT2D eigenvalue weighted by Crippen LogP contribution is -2.49. The van der Waals surface area contributed by atoms with Crippen molar-refractivity contribution >= 4 is 17.5 Å². The van der Waals surface area contributed by atoms with Crippen molar-refractivity contribution in [1.29, 1.82) is 0 Å². The van der Waals surface area contributed by atoms with Gasteiger partial charge >= 0.3 is 0 Å². The van der Waals surface area contributed by atoms with Crippen molar-refractivity contribution in [3.05, 3.63) is 34.9 Å². The van der Waals surface area contributed by atoms with E-state index in [9.17, 15) is 4.79 Å². The maximum Gasteiger partial charge on any atom is 0.221 e. The molecule has 0 radical (unpaired) electrons. The molecule has 1 aliphatic rings. The molecule has 2 rings (SSSR count). The summed E-state index contributed by atoms with van der Waals surface area (Å²) in [5.41, 5.74) is 12.5. The van der Waals surface area contributed by atoms with Crippen LogP contribution in [0.25, 0.3) is 0 Å². The highest BCUT2D eigenvalue weighted by Gasteiger charge is 2.33. The Kier molecular flexibility index (Phi) is 5.02. The molecule has 3 atom stereocenters. The average Bonchev–Trinajstić information content (AvgIpc) is 2.41. The van der Waals surface area contributed by atoms with Crippen molar-refractivity contribution < 1.29 is 4.79 Å². The number of hydrogen-bond donors (Lipinski definition) is 2. The summed E-state index contributed by atoms with van der Waals surface area (Å²) in [5, 5.41) is 0.706. The predicted octanol–water partition coefficient (Wildman–Crippen LogP) is 1.93. The van der Waals surface area contributed by atoms with Gasteiger partial charge in [-0.15, -0.1) is 0 Å². The van der Waals surface area contributed by atoms with Crippen LogP contribution in [0.5, 0.6) is 0 Å². The van der Waals surface area contributed by atoms with E-state index < -0.39 is 0 Å². The largest absolute Gasteiger partial charge is 0.369 e. The number of hydrogen-bond acceptors (Lipinski definition) is 3. The molecule has 20 heavy (non-hydrogen) atoms. The summed E-state index contributed by atoms with van der Waals surface area (Å²) in [4.78, 5) is 13.7. The number of carbonyl (C=O) groups excluding carboxylic acids is 1. The maximum atomic E-state index is 11.5. The van der Waals surface area contributed by atoms with Gasteiger partial charge in [0.25, 0.3) is 0 Å². The zero-order valence-corrected chi connectivity index (χ0v) is 12.5. The standard InChI is InChI=1S/C15H22ClN3O/c1-10-5-6-12(15(18)20)9-19(10)14(8-17)11-3-2-4-13(16)7-11/h2-4,7,10,12,14H,5-6,8-9,17H2,1H3,(H2,18,20). The number of primary amides is 1. The minimum absolute atomic E-state index is 0.0749. The Morgan fingerprint density at radius 1 is 1.50 bits per heavy atom. The van der Waals surface area contributed by atoms with Crippen molar-refractivity contribution in [2.75, 3.05) is 13.1 Å². The van der Waals surface area contributed by atoms with Gasteiger partial charge in [0.05, 0.1) is 5.92 Å². The number of amides is 1. The summed E-state index contributed by atoms with van der Waals surface area (Å²) in [5.74, 6) is -0.303. The average molecular weight is 296 g/mol. The van der Waals surface area contributed by atoms with Crippen LogP contribution in [0.1, 0.15) is 31.4 Å². The zero-order chi connectivity index (χ0) is 14.7. The zero-order valence-electron chi connectivity index (χ0n) is 11.8. The fourth-order valence-corrected chi connectivity index (χ4v) is 3.18. The number of benzene rings is 1. The van der Waals surface area contributed by atoms with E-state index in [-0.39, 0.29) is 17.9 Å². The molecule has 1 saturated heterocycles. The first-order valence-corrected chi connectivity index (χ1v) is 7.41. The minimum atomic E-state index is -0.219. The normalized spacial score (nSPS) is 25.4. The van der Waals surface area contributed by atoms with E-state index in [2.05, 4.69) is 11.8 Å². The first kappa shape index (κ1) is 15.3. The van der Waals surface area contributed by atoms with Gasteiger partial charge in [-0.1, -0.05) is 23.7 Å². The Morgan fingerprint density at radius 2 is 2.25 bits per heavy atom. The maximum absolute atomic E-state index is 11.5. The number of piperidine rings is 1. The number of rotatable bonds is 4. The molecule has 1 aromatic carbocycles. The van der Waals surface area contributed by atoms with Crippen LogP contribution in [0.15, 0.2) is 24.3 Å². The van der Waals surface area contributed by atoms with Crippen LogP contribution < -0.4 is 11.5 Å². The fraction of sp³-hybridized carbons (Fsp3) is 0.533. The summed E-state index contributed by atoms with van der Waals surface area (Å²) < 4.78 is 0. The van der Waals surface area contributed by atoms with Crippen LogP contribution in [-0.4, -0.2) is 29.9 Å². The first-order chi connectivity index (χ1) is 9.52. The molecule has 0 aromatic heterocycles. The van der Waals surface area contributed by atoms with E-state index >= 15 is 0 Å². The smallest absolute Gasteiger partial charge is 0.221 e. The Balaban J connectivity index is 2.23. The van der Waals surface area contributed by atoms with Crippen molar-refractivity contribution in [3.63, 3.8) is 0 Å². The van der Waals surface area contributed by atoms with E-state index in [4.69, 9.17) is 23.1 Å². The summed E-state index contributed by atoms with van der Waals surface area (Å²) in [6, 6.07) is 8.22. The molecular formula is C15H22ClN3O. The molecule has 110 valence electrons. The van der Waals surface area contributed by atoms with Crippen LogP contribution in [0.3, 0.4) is 0 Å². The van der Waals surface area contributed by atoms with Gasteiger partial charge in [0, 0.05) is 30.2 Å². The van der Waals surface area contributed by atoms with E-state index in [1.165, 1.54) is 0 Å². The predicted molar refractivity (Wildman–Crippen MR) is 81.3 cm³/mol. The van der Waals surface area contributed by atoms with E-state index in [1.54, 1.807) is 0 Å². The quantitative estimate of drug-likeness (QED) is 0.891. The van der Waals surface area contributed by atoms with E-state index in [0.29, 0.717) is 24.2 Å². The molecule has 5 heteroatoms. The molecule has 1 aromatic rings. The van der Waals surface area contributed by atoms with Gasteiger partial charge in [-0.25, -0.2) is 0 Å². The van der Waals surface area contributed by atoms with Gasteiger partial charge in [0.15, 0.2) is 0 Å². The van der Waals surface area contributed by atoms with Gasteiger partial charge < -0.3 is 11.5 Å². The van der Waals surface area contributed by atoms with Crippen molar-refractivity contribution in [1.82, 2.24) is 4.90 Å². The van der Waals surface area contributed by atoms with Crippen LogP contribution in [0.4, 0.5) is 0 Å². The van der Waals surface area contributed by atoms with Crippen LogP contribution >= 0.6 is 11.6 Å². The lowest BCUT2D eigenvalue weighted by Gasteiger charge is -2.42. The second-order valence-electron chi connectivity index (χ2n) is 5.53. The van der Waals surface area contributed by atoms with E-state index in [0.717, 1.165) is 18.4 Å². The molecule has 0 aliphatic carbocycles. The number of carbonyl (C=O) groups is 1. The Bertz CT molecular complexity index is 480. The molecule has 1 aliphatic heterocycles. The fourth-order valence-electron chi connectivity index (χ4n) is 2.98. The number of likely N-dealkylation sites (tertiary alicyclic amines) is 1. The number of nitrogens with zero attached hydrogens (tertiary/aromatic N) is 1. The number of halogens is 1. The molecule has 1 fully saturated rings. The third-order valence-electron chi connectivity index (χ3n) is 4.19. The molecule has 0 saturated carbocycles. The summed E-state index contributed by atoms with van der Waals surface area (Å²) in [7, 11) is 0. The highest BCUT2D eigenvalue weighted by atomic mass is 35.5. The van der Waals surface area contributed by atoms with E-state index in [1.807, 2.05) is 24.3 Å². The molecule has 4 nitrogen and oxygen atoms in total. The molecule has 3 unspecified atom stereocenters. The van der Waals surface area contributed by atoms with Crippen LogP contribution in [0.2, 0.25) is 5.02 Å². The first-order valence-electron chi connectivity index (χ1n) is 7.03. The topological polar surface area (TPSA) is 72.4 Å². The Morgan fingerprint density at radius 3 is 2.85 bits per heavy atom. The number of nitrogens with two attached hydrogens (primary N) is 2. The van der Waals surface area contributed by atoms with Gasteiger partial charge in [-0.2, -0.15) is 0 Å². The lowest BCUT2D eigenvalue weighted by atomic mass is 9.90. The minimum Gasteiger partial charge on any atom is -0.369 e. The third-order valence-corrected chi connectivity index (χ3v) is 4.42. The van der Waals surface area contributed by atoms with Gasteiger partial charge in [-0.05, 0) is 37.5 Å². The second-order valence-corrected chi connectivity index (χ2v) is 5.97. The van der Waals surface area contributed by atoms with Gasteiger partial charge in [0.2, 0.25) is 5.91 Å². The lowest BCUT2D eigenvalue weighted by molar-refractivity contribution is -0.124. The van der Waals surface area contributed by atoms with Crippen molar-refractivity contribution in [2.24, 2.45) is 17.4 Å². The van der Waals surface area contributed by atoms with Crippen LogP contribution in [-0.2, 0) is 4.79 Å². The molecule has 1 amide bonds. The highest BCUT2D eigenvalue weighted by molar-refractivity contribution is 6.30. The van der Waals surface area contributed by atoms with Crippen molar-refractivity contribution in [3.8, 4) is 0 Å². The molecule has 1 heterocycles. The highest BCUT2D eigenvalue weighted by Crippen LogP contribution is 2.31. The summed E-state index contributed by atoms with van der Waals surface area (Å²) in [6.07, 6.45) is 1.82. The Hall–Kier alpha value is -1.10. The molecule has 0 spiro atoms. The summed E-state index contributed by atoms with van der Waals surface area (Å²) >= 11 is 6.07. The van der Waals surface area contributed by atoms with Crippen LogP contribution in [0, 0.1) is 5.92 Å². The Labute approximate surface area is 125 Å². The molecular weight excluding hydrogens is 274 g/mol. The molecule has 4 N–H and O–H groups in total. The summed E-state index contributed by atoms with van der Waals surface area (Å²) in [6.45, 7) is 3.34. The monoisotopic (exact) mass is 295 g/mol. The molecule has 0 bridgehead atoms. The SMILES string of the molecule is CC1CCC(C(N)=O)CN1C(CN)c1cccc(Cl)c1. The third kappa shape index (κ3) is 3.32. The van der Waals surface area contributed by atoms with Gasteiger partial charge in [0.1, 0.15) is 0 Å². The van der Waals surface area contributed by atoms with Crippen molar-refractivity contribution in [2.45, 2.75) is 31.8 Å².